The highest BCUT2D eigenvalue weighted by molar-refractivity contribution is 6.04. The van der Waals surface area contributed by atoms with Crippen LogP contribution in [0.2, 0.25) is 0 Å². The van der Waals surface area contributed by atoms with Crippen LogP contribution in [0.3, 0.4) is 0 Å². The molecule has 0 aromatic heterocycles. The summed E-state index contributed by atoms with van der Waals surface area (Å²) in [6, 6.07) is 0. The van der Waals surface area contributed by atoms with Crippen molar-refractivity contribution in [1.82, 2.24) is 0 Å². The Morgan fingerprint density at radius 2 is 1.59 bits per heavy atom. The second kappa shape index (κ2) is 6.77. The van der Waals surface area contributed by atoms with E-state index in [2.05, 4.69) is 9.47 Å². The molecule has 1 saturated carbocycles. The summed E-state index contributed by atoms with van der Waals surface area (Å²) in [6.07, 6.45) is 6.40. The van der Waals surface area contributed by atoms with Crippen molar-refractivity contribution in [1.29, 1.82) is 0 Å². The molecular weight excluding hydrogens is 288 g/mol. The lowest BCUT2D eigenvalue weighted by atomic mass is 10.0. The number of allylic oxidation sites excluding steroid dienone is 3. The van der Waals surface area contributed by atoms with Gasteiger partial charge in [-0.15, -0.1) is 0 Å². The van der Waals surface area contributed by atoms with E-state index in [1.165, 1.54) is 26.4 Å². The Morgan fingerprint density at radius 1 is 1.05 bits per heavy atom. The minimum Gasteiger partial charge on any atom is -0.468 e. The molecular formula is C16H22O6. The van der Waals surface area contributed by atoms with Crippen molar-refractivity contribution >= 4 is 17.9 Å². The minimum atomic E-state index is -1.25. The maximum absolute atomic E-state index is 11.8. The molecule has 0 N–H and O–H groups in total. The fourth-order valence-corrected chi connectivity index (χ4v) is 2.11. The molecule has 1 aliphatic rings. The molecule has 0 heterocycles. The monoisotopic (exact) mass is 310 g/mol. The molecule has 1 aliphatic carbocycles. The highest BCUT2D eigenvalue weighted by Gasteiger charge is 2.66. The van der Waals surface area contributed by atoms with Crippen LogP contribution in [0.4, 0.5) is 0 Å². The third-order valence-electron chi connectivity index (χ3n) is 3.21. The van der Waals surface area contributed by atoms with Gasteiger partial charge in [0.2, 0.25) is 0 Å². The zero-order valence-electron chi connectivity index (χ0n) is 13.5. The molecule has 0 bridgehead atoms. The van der Waals surface area contributed by atoms with Crippen LogP contribution in [-0.4, -0.2) is 37.7 Å². The van der Waals surface area contributed by atoms with E-state index in [1.54, 1.807) is 32.9 Å². The first-order valence-corrected chi connectivity index (χ1v) is 6.92. The predicted molar refractivity (Wildman–Crippen MR) is 78.7 cm³/mol. The molecule has 1 rings (SSSR count). The number of esters is 3. The molecule has 0 spiro atoms. The van der Waals surface area contributed by atoms with Crippen molar-refractivity contribution in [3.8, 4) is 0 Å². The second-order valence-electron chi connectivity index (χ2n) is 6.04. The first-order chi connectivity index (χ1) is 10.2. The van der Waals surface area contributed by atoms with Gasteiger partial charge in [-0.3, -0.25) is 9.59 Å². The third kappa shape index (κ3) is 4.19. The Morgan fingerprint density at radius 3 is 2.05 bits per heavy atom. The van der Waals surface area contributed by atoms with Crippen LogP contribution in [0, 0.1) is 11.3 Å². The highest BCUT2D eigenvalue weighted by Crippen LogP contribution is 2.55. The van der Waals surface area contributed by atoms with E-state index in [-0.39, 0.29) is 5.92 Å². The molecule has 0 aromatic carbocycles. The average Bonchev–Trinajstić information content (AvgIpc) is 3.15. The zero-order valence-corrected chi connectivity index (χ0v) is 13.5. The van der Waals surface area contributed by atoms with Crippen molar-refractivity contribution in [2.24, 2.45) is 11.3 Å². The molecule has 6 nitrogen and oxygen atoms in total. The van der Waals surface area contributed by atoms with Crippen LogP contribution in [-0.2, 0) is 28.6 Å². The third-order valence-corrected chi connectivity index (χ3v) is 3.21. The smallest absolute Gasteiger partial charge is 0.331 e. The SMILES string of the molecule is COC(=O)C1(C(=O)OC)CC1/C=C/C=C/C(=O)OC(C)(C)C. The summed E-state index contributed by atoms with van der Waals surface area (Å²) >= 11 is 0. The summed E-state index contributed by atoms with van der Waals surface area (Å²) in [5.41, 5.74) is -1.80. The molecule has 1 unspecified atom stereocenters. The van der Waals surface area contributed by atoms with E-state index in [1.807, 2.05) is 0 Å². The molecule has 0 radical (unpaired) electrons. The highest BCUT2D eigenvalue weighted by atomic mass is 16.6. The summed E-state index contributed by atoms with van der Waals surface area (Å²) < 4.78 is 14.4. The molecule has 0 amide bonds. The summed E-state index contributed by atoms with van der Waals surface area (Å²) in [4.78, 5) is 35.0. The average molecular weight is 310 g/mol. The fraction of sp³-hybridized carbons (Fsp3) is 0.562. The number of hydrogen-bond donors (Lipinski definition) is 0. The quantitative estimate of drug-likeness (QED) is 0.253. The normalized spacial score (nSPS) is 20.0. The molecule has 122 valence electrons. The molecule has 22 heavy (non-hydrogen) atoms. The van der Waals surface area contributed by atoms with E-state index in [4.69, 9.17) is 4.74 Å². The van der Waals surface area contributed by atoms with Crippen LogP contribution in [0.25, 0.3) is 0 Å². The van der Waals surface area contributed by atoms with E-state index < -0.39 is 28.9 Å². The van der Waals surface area contributed by atoms with Crippen LogP contribution >= 0.6 is 0 Å². The lowest BCUT2D eigenvalue weighted by molar-refractivity contribution is -0.161. The van der Waals surface area contributed by atoms with Crippen LogP contribution < -0.4 is 0 Å². The lowest BCUT2D eigenvalue weighted by Gasteiger charge is -2.17. The van der Waals surface area contributed by atoms with Crippen LogP contribution in [0.15, 0.2) is 24.3 Å². The van der Waals surface area contributed by atoms with Crippen molar-refractivity contribution in [2.45, 2.75) is 32.8 Å². The van der Waals surface area contributed by atoms with E-state index in [0.717, 1.165) is 0 Å². The van der Waals surface area contributed by atoms with Gasteiger partial charge in [0.25, 0.3) is 0 Å². The van der Waals surface area contributed by atoms with Gasteiger partial charge in [-0.05, 0) is 27.2 Å². The molecule has 1 fully saturated rings. The van der Waals surface area contributed by atoms with Gasteiger partial charge in [0, 0.05) is 12.0 Å². The Kier molecular flexibility index (Phi) is 5.52. The predicted octanol–water partition coefficient (Wildman–Crippen LogP) is 1.79. The molecule has 0 saturated heterocycles. The number of methoxy groups -OCH3 is 2. The lowest BCUT2D eigenvalue weighted by Crippen LogP contribution is -2.30. The number of carbonyl (C=O) groups excluding carboxylic acids is 3. The van der Waals surface area contributed by atoms with Crippen LogP contribution in [0.1, 0.15) is 27.2 Å². The fourth-order valence-electron chi connectivity index (χ4n) is 2.11. The zero-order chi connectivity index (χ0) is 17.0. The summed E-state index contributed by atoms with van der Waals surface area (Å²) in [7, 11) is 2.46. The standard InChI is InChI=1S/C16H22O6/c1-15(2,3)22-12(17)9-7-6-8-11-10-16(11,13(18)20-4)14(19)21-5/h6-9,11H,10H2,1-5H3/b8-6+,9-7+. The van der Waals surface area contributed by atoms with Gasteiger partial charge >= 0.3 is 17.9 Å². The van der Waals surface area contributed by atoms with Crippen molar-refractivity contribution < 1.29 is 28.6 Å². The first-order valence-electron chi connectivity index (χ1n) is 6.92. The van der Waals surface area contributed by atoms with E-state index in [9.17, 15) is 14.4 Å². The molecule has 0 aromatic rings. The maximum atomic E-state index is 11.8. The molecule has 6 heteroatoms. The topological polar surface area (TPSA) is 78.9 Å². The summed E-state index contributed by atoms with van der Waals surface area (Å²) in [5.74, 6) is -1.97. The Bertz CT molecular complexity index is 493. The second-order valence-corrected chi connectivity index (χ2v) is 6.04. The van der Waals surface area contributed by atoms with E-state index in [0.29, 0.717) is 6.42 Å². The van der Waals surface area contributed by atoms with Gasteiger partial charge < -0.3 is 14.2 Å². The number of rotatable bonds is 5. The maximum Gasteiger partial charge on any atom is 0.331 e. The summed E-state index contributed by atoms with van der Waals surface area (Å²) in [5, 5.41) is 0. The van der Waals surface area contributed by atoms with Gasteiger partial charge in [-0.2, -0.15) is 0 Å². The number of ether oxygens (including phenoxy) is 3. The number of hydrogen-bond acceptors (Lipinski definition) is 6. The van der Waals surface area contributed by atoms with Crippen molar-refractivity contribution in [2.75, 3.05) is 14.2 Å². The van der Waals surface area contributed by atoms with Gasteiger partial charge in [0.15, 0.2) is 5.41 Å². The largest absolute Gasteiger partial charge is 0.468 e. The van der Waals surface area contributed by atoms with E-state index >= 15 is 0 Å². The van der Waals surface area contributed by atoms with Gasteiger partial charge in [-0.25, -0.2) is 4.79 Å². The Balaban J connectivity index is 2.63. The van der Waals surface area contributed by atoms with Gasteiger partial charge in [0.1, 0.15) is 5.60 Å². The summed E-state index contributed by atoms with van der Waals surface area (Å²) in [6.45, 7) is 5.33. The molecule has 0 aliphatic heterocycles. The Hall–Kier alpha value is -2.11. The Labute approximate surface area is 130 Å². The van der Waals surface area contributed by atoms with Gasteiger partial charge in [-0.1, -0.05) is 18.2 Å². The van der Waals surface area contributed by atoms with Crippen molar-refractivity contribution in [3.63, 3.8) is 0 Å². The minimum absolute atomic E-state index is 0.296. The van der Waals surface area contributed by atoms with Gasteiger partial charge in [0.05, 0.1) is 14.2 Å². The van der Waals surface area contributed by atoms with Crippen LogP contribution in [0.5, 0.6) is 0 Å². The van der Waals surface area contributed by atoms with Crippen molar-refractivity contribution in [3.05, 3.63) is 24.3 Å². The number of carbonyl (C=O) groups is 3. The first kappa shape index (κ1) is 17.9. The molecule has 1 atom stereocenters.